The van der Waals surface area contributed by atoms with Gasteiger partial charge in [0.15, 0.2) is 12.4 Å². The van der Waals surface area contributed by atoms with E-state index in [2.05, 4.69) is 10.4 Å². The fourth-order valence-electron chi connectivity index (χ4n) is 2.89. The Kier molecular flexibility index (Phi) is 6.86. The van der Waals surface area contributed by atoms with Crippen molar-refractivity contribution in [3.8, 4) is 22.9 Å². The smallest absolute Gasteiger partial charge is 0.416 e. The molecule has 3 aromatic rings. The first-order chi connectivity index (χ1) is 15.2. The normalized spacial score (nSPS) is 11.3. The number of alkyl halides is 3. The van der Waals surface area contributed by atoms with Gasteiger partial charge in [0.1, 0.15) is 11.5 Å². The van der Waals surface area contributed by atoms with Crippen LogP contribution in [0.5, 0.6) is 11.5 Å². The summed E-state index contributed by atoms with van der Waals surface area (Å²) < 4.78 is 51.5. The molecule has 0 aliphatic rings. The van der Waals surface area contributed by atoms with Gasteiger partial charge >= 0.3 is 11.9 Å². The van der Waals surface area contributed by atoms with Crippen molar-refractivity contribution in [1.82, 2.24) is 19.7 Å². The third-order valence-electron chi connectivity index (χ3n) is 4.56. The summed E-state index contributed by atoms with van der Waals surface area (Å²) >= 11 is 0. The van der Waals surface area contributed by atoms with Crippen LogP contribution in [0.15, 0.2) is 53.3 Å². The second-order valence-corrected chi connectivity index (χ2v) is 6.78. The Bertz CT molecular complexity index is 1140. The zero-order valence-corrected chi connectivity index (χ0v) is 17.3. The molecule has 11 heteroatoms. The highest BCUT2D eigenvalue weighted by Gasteiger charge is 2.30. The van der Waals surface area contributed by atoms with Gasteiger partial charge in [0.2, 0.25) is 0 Å². The second-order valence-electron chi connectivity index (χ2n) is 6.78. The summed E-state index contributed by atoms with van der Waals surface area (Å²) in [7, 11) is 2.96. The molecule has 0 aliphatic carbocycles. The van der Waals surface area contributed by atoms with E-state index in [1.165, 1.54) is 19.2 Å². The molecule has 0 fully saturated rings. The Labute approximate surface area is 181 Å². The number of aromatic nitrogens is 3. The highest BCUT2D eigenvalue weighted by Crippen LogP contribution is 2.31. The van der Waals surface area contributed by atoms with Gasteiger partial charge in [0.25, 0.3) is 5.91 Å². The molecule has 8 nitrogen and oxygen atoms in total. The summed E-state index contributed by atoms with van der Waals surface area (Å²) in [4.78, 5) is 24.3. The van der Waals surface area contributed by atoms with Crippen LogP contribution in [0.1, 0.15) is 5.56 Å². The number of hydrogen-bond acceptors (Lipinski definition) is 5. The van der Waals surface area contributed by atoms with Crippen LogP contribution in [-0.2, 0) is 24.6 Å². The molecule has 1 heterocycles. The highest BCUT2D eigenvalue weighted by atomic mass is 19.4. The lowest BCUT2D eigenvalue weighted by Gasteiger charge is -2.08. The number of hydrogen-bond donors (Lipinski definition) is 1. The van der Waals surface area contributed by atoms with Crippen molar-refractivity contribution in [2.24, 2.45) is 7.05 Å². The van der Waals surface area contributed by atoms with E-state index in [1.54, 1.807) is 31.4 Å². The lowest BCUT2D eigenvalue weighted by Crippen LogP contribution is -2.34. The van der Waals surface area contributed by atoms with Gasteiger partial charge in [0.05, 0.1) is 19.2 Å². The van der Waals surface area contributed by atoms with Crippen LogP contribution >= 0.6 is 0 Å². The number of methoxy groups -OCH3 is 1. The van der Waals surface area contributed by atoms with Crippen molar-refractivity contribution < 1.29 is 27.4 Å². The Morgan fingerprint density at radius 3 is 2.47 bits per heavy atom. The van der Waals surface area contributed by atoms with Crippen LogP contribution in [0.25, 0.3) is 11.4 Å². The number of rotatable bonds is 8. The van der Waals surface area contributed by atoms with Crippen LogP contribution in [0, 0.1) is 0 Å². The summed E-state index contributed by atoms with van der Waals surface area (Å²) in [6.45, 7) is -0.0946. The molecule has 3 rings (SSSR count). The minimum absolute atomic E-state index is 0.0416. The van der Waals surface area contributed by atoms with Gasteiger partial charge in [-0.15, -0.1) is 5.10 Å². The molecule has 0 spiro atoms. The topological polar surface area (TPSA) is 87.4 Å². The quantitative estimate of drug-likeness (QED) is 0.570. The first-order valence-corrected chi connectivity index (χ1v) is 9.54. The fourth-order valence-corrected chi connectivity index (χ4v) is 2.89. The van der Waals surface area contributed by atoms with Gasteiger partial charge in [-0.25, -0.2) is 9.48 Å². The van der Waals surface area contributed by atoms with Crippen molar-refractivity contribution >= 4 is 5.91 Å². The Morgan fingerprint density at radius 1 is 1.12 bits per heavy atom. The Hall–Kier alpha value is -3.76. The molecular formula is C21H21F3N4O4. The largest absolute Gasteiger partial charge is 0.497 e. The molecule has 0 unspecified atom stereocenters. The summed E-state index contributed by atoms with van der Waals surface area (Å²) in [5.41, 5.74) is -1.18. The molecule has 0 saturated heterocycles. The lowest BCUT2D eigenvalue weighted by atomic mass is 10.1. The van der Waals surface area contributed by atoms with E-state index in [0.717, 1.165) is 21.4 Å². The van der Waals surface area contributed by atoms with E-state index in [-0.39, 0.29) is 31.1 Å². The number of halogens is 3. The van der Waals surface area contributed by atoms with Crippen molar-refractivity contribution in [2.75, 3.05) is 20.3 Å². The van der Waals surface area contributed by atoms with Gasteiger partial charge in [0, 0.05) is 19.2 Å². The van der Waals surface area contributed by atoms with E-state index < -0.39 is 23.3 Å². The molecule has 0 radical (unpaired) electrons. The Balaban J connectivity index is 1.58. The molecule has 170 valence electrons. The monoisotopic (exact) mass is 450 g/mol. The second kappa shape index (κ2) is 9.58. The van der Waals surface area contributed by atoms with Crippen LogP contribution in [0.3, 0.4) is 0 Å². The molecule has 0 saturated carbocycles. The van der Waals surface area contributed by atoms with Gasteiger partial charge in [-0.05, 0) is 36.4 Å². The standard InChI is InChI=1S/C21H21F3N4O4/c1-27-19(14-4-3-5-15(12-14)21(22,23)24)26-28(20(27)30)11-10-25-18(29)13-32-17-8-6-16(31-2)7-9-17/h3-9,12H,10-11,13H2,1-2H3,(H,25,29). The number of benzene rings is 2. The van der Waals surface area contributed by atoms with Gasteiger partial charge in [-0.1, -0.05) is 12.1 Å². The van der Waals surface area contributed by atoms with E-state index in [9.17, 15) is 22.8 Å². The van der Waals surface area contributed by atoms with Crippen LogP contribution < -0.4 is 20.5 Å². The summed E-state index contributed by atoms with van der Waals surface area (Å²) in [6, 6.07) is 11.3. The molecule has 0 aliphatic heterocycles. The molecule has 1 amide bonds. The maximum absolute atomic E-state index is 13.0. The number of nitrogens with zero attached hydrogens (tertiary/aromatic N) is 3. The summed E-state index contributed by atoms with van der Waals surface area (Å²) in [5, 5.41) is 6.72. The number of amides is 1. The Morgan fingerprint density at radius 2 is 1.81 bits per heavy atom. The highest BCUT2D eigenvalue weighted by molar-refractivity contribution is 5.77. The van der Waals surface area contributed by atoms with Crippen molar-refractivity contribution in [3.63, 3.8) is 0 Å². The van der Waals surface area contributed by atoms with Crippen LogP contribution in [0.4, 0.5) is 13.2 Å². The summed E-state index contributed by atoms with van der Waals surface area (Å²) in [6.07, 6.45) is -4.50. The average molecular weight is 450 g/mol. The van der Waals surface area contributed by atoms with Gasteiger partial charge in [-0.2, -0.15) is 13.2 Å². The number of carbonyl (C=O) groups is 1. The number of nitrogens with one attached hydrogen (secondary N) is 1. The first kappa shape index (κ1) is 22.9. The van der Waals surface area contributed by atoms with Crippen molar-refractivity contribution in [1.29, 1.82) is 0 Å². The molecule has 1 aromatic heterocycles. The number of ether oxygens (including phenoxy) is 2. The summed E-state index contributed by atoms with van der Waals surface area (Å²) in [5.74, 6) is 0.845. The predicted octanol–water partition coefficient (Wildman–Crippen LogP) is 2.47. The van der Waals surface area contributed by atoms with Gasteiger partial charge in [-0.3, -0.25) is 9.36 Å². The van der Waals surface area contributed by atoms with E-state index in [0.29, 0.717) is 11.5 Å². The molecule has 0 atom stereocenters. The third-order valence-corrected chi connectivity index (χ3v) is 4.56. The maximum Gasteiger partial charge on any atom is 0.416 e. The molecule has 0 bridgehead atoms. The minimum atomic E-state index is -4.50. The zero-order chi connectivity index (χ0) is 23.3. The van der Waals surface area contributed by atoms with Crippen molar-refractivity contribution in [3.05, 3.63) is 64.6 Å². The molecule has 2 aromatic carbocycles. The minimum Gasteiger partial charge on any atom is -0.497 e. The van der Waals surface area contributed by atoms with Gasteiger partial charge < -0.3 is 14.8 Å². The third kappa shape index (κ3) is 5.48. The van der Waals surface area contributed by atoms with E-state index >= 15 is 0 Å². The fraction of sp³-hybridized carbons (Fsp3) is 0.286. The van der Waals surface area contributed by atoms with Crippen molar-refractivity contribution in [2.45, 2.75) is 12.7 Å². The SMILES string of the molecule is COc1ccc(OCC(=O)NCCn2nc(-c3cccc(C(F)(F)F)c3)n(C)c2=O)cc1. The lowest BCUT2D eigenvalue weighted by molar-refractivity contribution is -0.137. The molecule has 32 heavy (non-hydrogen) atoms. The zero-order valence-electron chi connectivity index (χ0n) is 17.3. The number of carbonyl (C=O) groups excluding carboxylic acids is 1. The average Bonchev–Trinajstić information content (AvgIpc) is 3.06. The molecular weight excluding hydrogens is 429 g/mol. The van der Waals surface area contributed by atoms with Crippen LogP contribution in [0.2, 0.25) is 0 Å². The molecule has 1 N–H and O–H groups in total. The van der Waals surface area contributed by atoms with Crippen LogP contribution in [-0.4, -0.2) is 40.5 Å². The maximum atomic E-state index is 13.0. The predicted molar refractivity (Wildman–Crippen MR) is 109 cm³/mol. The first-order valence-electron chi connectivity index (χ1n) is 9.54. The van der Waals surface area contributed by atoms with E-state index in [4.69, 9.17) is 9.47 Å². The van der Waals surface area contributed by atoms with E-state index in [1.807, 2.05) is 0 Å².